The summed E-state index contributed by atoms with van der Waals surface area (Å²) in [6, 6.07) is 0. The fourth-order valence-corrected chi connectivity index (χ4v) is 5.34. The first-order valence-corrected chi connectivity index (χ1v) is 10.1. The zero-order chi connectivity index (χ0) is 16.9. The molecule has 5 fully saturated rings. The maximum atomic E-state index is 6.38. The first kappa shape index (κ1) is 16.9. The monoisotopic (exact) mass is 354 g/mol. The van der Waals surface area contributed by atoms with Crippen LogP contribution in [0, 0.1) is 0 Å². The van der Waals surface area contributed by atoms with Crippen LogP contribution in [0.2, 0.25) is 0 Å². The van der Waals surface area contributed by atoms with Crippen LogP contribution in [-0.4, -0.2) is 56.0 Å². The van der Waals surface area contributed by atoms with E-state index in [9.17, 15) is 0 Å². The lowest BCUT2D eigenvalue weighted by Crippen LogP contribution is -2.45. The van der Waals surface area contributed by atoms with E-state index in [2.05, 4.69) is 0 Å². The maximum Gasteiger partial charge on any atom is 0.190 e. The predicted octanol–water partition coefficient (Wildman–Crippen LogP) is 2.88. The van der Waals surface area contributed by atoms with Crippen LogP contribution in [0.3, 0.4) is 0 Å². The van der Waals surface area contributed by atoms with Gasteiger partial charge in [0.1, 0.15) is 24.4 Å². The Labute approximate surface area is 149 Å². The van der Waals surface area contributed by atoms with E-state index in [1.807, 2.05) is 0 Å². The second-order valence-corrected chi connectivity index (χ2v) is 8.28. The van der Waals surface area contributed by atoms with Gasteiger partial charge in [0.15, 0.2) is 17.9 Å². The molecule has 5 atom stereocenters. The molecule has 1 unspecified atom stereocenters. The van der Waals surface area contributed by atoms with Crippen molar-refractivity contribution in [3.05, 3.63) is 0 Å². The molecule has 3 heterocycles. The highest BCUT2D eigenvalue weighted by molar-refractivity contribution is 5.01. The van der Waals surface area contributed by atoms with Gasteiger partial charge in [0.25, 0.3) is 0 Å². The molecule has 2 spiro atoms. The van der Waals surface area contributed by atoms with E-state index in [0.717, 1.165) is 38.5 Å². The summed E-state index contributed by atoms with van der Waals surface area (Å²) in [7, 11) is 1.73. The summed E-state index contributed by atoms with van der Waals surface area (Å²) in [5, 5.41) is 0. The van der Waals surface area contributed by atoms with Crippen molar-refractivity contribution in [1.29, 1.82) is 0 Å². The summed E-state index contributed by atoms with van der Waals surface area (Å²) in [5.41, 5.74) is 0. The van der Waals surface area contributed by atoms with Crippen LogP contribution >= 0.6 is 0 Å². The summed E-state index contributed by atoms with van der Waals surface area (Å²) in [4.78, 5) is 0. The molecule has 6 nitrogen and oxygen atoms in total. The molecule has 0 aromatic rings. The second kappa shape index (κ2) is 6.43. The Hall–Kier alpha value is -0.240. The van der Waals surface area contributed by atoms with E-state index in [4.69, 9.17) is 28.4 Å². The van der Waals surface area contributed by atoms with Gasteiger partial charge in [-0.25, -0.2) is 0 Å². The van der Waals surface area contributed by atoms with Gasteiger partial charge in [-0.3, -0.25) is 0 Å². The Bertz CT molecular complexity index is 484. The zero-order valence-electron chi connectivity index (χ0n) is 15.1. The van der Waals surface area contributed by atoms with Gasteiger partial charge >= 0.3 is 0 Å². The number of fused-ring (bicyclic) bond motifs is 1. The van der Waals surface area contributed by atoms with Gasteiger partial charge in [0.05, 0.1) is 6.61 Å². The lowest BCUT2D eigenvalue weighted by atomic mass is 9.94. The molecule has 5 aliphatic rings. The molecular weight excluding hydrogens is 324 g/mol. The van der Waals surface area contributed by atoms with Crippen LogP contribution in [0.1, 0.15) is 64.2 Å². The third-order valence-electron chi connectivity index (χ3n) is 6.64. The van der Waals surface area contributed by atoms with Crippen molar-refractivity contribution in [2.45, 2.75) is 106 Å². The summed E-state index contributed by atoms with van der Waals surface area (Å²) in [6.07, 6.45) is 10.1. The average Bonchev–Trinajstić information content (AvgIpc) is 3.27. The topological polar surface area (TPSA) is 55.4 Å². The molecule has 0 amide bonds. The first-order valence-electron chi connectivity index (χ1n) is 10.1. The Balaban J connectivity index is 1.27. The number of ether oxygens (including phenoxy) is 6. The Kier molecular flexibility index (Phi) is 4.34. The van der Waals surface area contributed by atoms with Crippen LogP contribution in [-0.2, 0) is 28.4 Å². The molecular formula is C19H30O6. The van der Waals surface area contributed by atoms with Crippen molar-refractivity contribution in [2.75, 3.05) is 13.7 Å². The van der Waals surface area contributed by atoms with Crippen molar-refractivity contribution in [3.8, 4) is 0 Å². The Morgan fingerprint density at radius 3 is 2.12 bits per heavy atom. The van der Waals surface area contributed by atoms with Gasteiger partial charge in [0.2, 0.25) is 0 Å². The number of hydrogen-bond acceptors (Lipinski definition) is 6. The molecule has 3 aliphatic heterocycles. The smallest absolute Gasteiger partial charge is 0.190 e. The van der Waals surface area contributed by atoms with E-state index in [0.29, 0.717) is 6.61 Å². The fourth-order valence-electron chi connectivity index (χ4n) is 5.34. The van der Waals surface area contributed by atoms with Gasteiger partial charge in [0, 0.05) is 32.8 Å². The molecule has 0 bridgehead atoms. The third-order valence-corrected chi connectivity index (χ3v) is 6.64. The molecule has 3 saturated heterocycles. The Morgan fingerprint density at radius 1 is 0.760 bits per heavy atom. The average molecular weight is 354 g/mol. The van der Waals surface area contributed by atoms with Crippen LogP contribution in [0.15, 0.2) is 0 Å². The van der Waals surface area contributed by atoms with E-state index in [-0.39, 0.29) is 30.7 Å². The fraction of sp³-hybridized carbons (Fsp3) is 1.00. The quantitative estimate of drug-likeness (QED) is 0.760. The maximum absolute atomic E-state index is 6.38. The highest BCUT2D eigenvalue weighted by Gasteiger charge is 2.61. The lowest BCUT2D eigenvalue weighted by Gasteiger charge is -2.35. The largest absolute Gasteiger partial charge is 0.376 e. The molecule has 2 saturated carbocycles. The standard InChI is InChI=1S/C19H30O6/c1-20-15-14(13-12-21-18(23-13)8-4-2-5-9-18)22-17-16(15)24-19(25-17)10-6-3-7-11-19/h13-17H,2-12H2,1H3/t13?,14-,15+,16-,17-/m1/s1. The molecule has 0 aromatic carbocycles. The third kappa shape index (κ3) is 2.86. The Morgan fingerprint density at radius 2 is 1.44 bits per heavy atom. The molecule has 6 heteroatoms. The van der Waals surface area contributed by atoms with Crippen LogP contribution in [0.25, 0.3) is 0 Å². The van der Waals surface area contributed by atoms with Crippen molar-refractivity contribution in [1.82, 2.24) is 0 Å². The van der Waals surface area contributed by atoms with Gasteiger partial charge in [-0.2, -0.15) is 0 Å². The van der Waals surface area contributed by atoms with Gasteiger partial charge in [-0.15, -0.1) is 0 Å². The second-order valence-electron chi connectivity index (χ2n) is 8.28. The van der Waals surface area contributed by atoms with Crippen LogP contribution in [0.4, 0.5) is 0 Å². The van der Waals surface area contributed by atoms with E-state index >= 15 is 0 Å². The number of rotatable bonds is 2. The minimum atomic E-state index is -0.451. The predicted molar refractivity (Wildman–Crippen MR) is 87.9 cm³/mol. The van der Waals surface area contributed by atoms with Crippen molar-refractivity contribution in [3.63, 3.8) is 0 Å². The number of methoxy groups -OCH3 is 1. The van der Waals surface area contributed by atoms with Crippen LogP contribution in [0.5, 0.6) is 0 Å². The van der Waals surface area contributed by atoms with Crippen molar-refractivity contribution < 1.29 is 28.4 Å². The summed E-state index contributed by atoms with van der Waals surface area (Å²) < 4.78 is 37.1. The van der Waals surface area contributed by atoms with Crippen molar-refractivity contribution in [2.24, 2.45) is 0 Å². The van der Waals surface area contributed by atoms with Crippen molar-refractivity contribution >= 4 is 0 Å². The highest BCUT2D eigenvalue weighted by Crippen LogP contribution is 2.48. The van der Waals surface area contributed by atoms with E-state index in [1.165, 1.54) is 25.7 Å². The molecule has 0 N–H and O–H groups in total. The van der Waals surface area contributed by atoms with Gasteiger partial charge in [-0.1, -0.05) is 12.8 Å². The minimum absolute atomic E-state index is 0.108. The molecule has 0 aromatic heterocycles. The van der Waals surface area contributed by atoms with Gasteiger partial charge < -0.3 is 28.4 Å². The normalized spacial score (nSPS) is 45.2. The minimum Gasteiger partial charge on any atom is -0.376 e. The highest BCUT2D eigenvalue weighted by atomic mass is 16.8. The summed E-state index contributed by atoms with van der Waals surface area (Å²) >= 11 is 0. The summed E-state index contributed by atoms with van der Waals surface area (Å²) in [5.74, 6) is -0.846. The SMILES string of the molecule is CO[C@@H]1[C@H]2OC3(CCCCC3)O[C@H]2O[C@@H]1C1COC2(CCCCC2)O1. The van der Waals surface area contributed by atoms with Crippen LogP contribution < -0.4 is 0 Å². The van der Waals surface area contributed by atoms with E-state index in [1.54, 1.807) is 7.11 Å². The lowest BCUT2D eigenvalue weighted by molar-refractivity contribution is -0.261. The summed E-state index contributed by atoms with van der Waals surface area (Å²) in [6.45, 7) is 0.565. The molecule has 0 radical (unpaired) electrons. The molecule has 5 rings (SSSR count). The molecule has 25 heavy (non-hydrogen) atoms. The first-order chi connectivity index (χ1) is 12.2. The van der Waals surface area contributed by atoms with Gasteiger partial charge in [-0.05, 0) is 25.7 Å². The molecule has 2 aliphatic carbocycles. The molecule has 142 valence electrons. The van der Waals surface area contributed by atoms with E-state index < -0.39 is 11.6 Å². The number of hydrogen-bond donors (Lipinski definition) is 0. The zero-order valence-corrected chi connectivity index (χ0v) is 15.1.